The average molecular weight is 318 g/mol. The second-order valence-electron chi connectivity index (χ2n) is 5.98. The fourth-order valence-corrected chi connectivity index (χ4v) is 2.73. The number of esters is 1. The standard InChI is InChI=1S/C17H18O6/c1-4-17(19)12(21-15-13(17)22-16(2,3)23-15)10-20-14(18)11-8-6-5-7-9-11/h1,5-9,12-13,15,19H,10H2,2-3H3/t12-,13+,15-,17-/m1/s1. The van der Waals surface area contributed by atoms with Crippen molar-refractivity contribution in [3.05, 3.63) is 35.9 Å². The highest BCUT2D eigenvalue weighted by Gasteiger charge is 2.63. The van der Waals surface area contributed by atoms with Gasteiger partial charge in [-0.2, -0.15) is 0 Å². The smallest absolute Gasteiger partial charge is 0.338 e. The van der Waals surface area contributed by atoms with E-state index in [1.807, 2.05) is 0 Å². The van der Waals surface area contributed by atoms with E-state index in [4.69, 9.17) is 25.4 Å². The van der Waals surface area contributed by atoms with Gasteiger partial charge in [-0.15, -0.1) is 6.42 Å². The number of benzene rings is 1. The molecule has 1 aromatic rings. The van der Waals surface area contributed by atoms with Gasteiger partial charge in [-0.25, -0.2) is 4.79 Å². The minimum atomic E-state index is -1.73. The van der Waals surface area contributed by atoms with E-state index in [1.54, 1.807) is 44.2 Å². The molecule has 23 heavy (non-hydrogen) atoms. The number of ether oxygens (including phenoxy) is 4. The average Bonchev–Trinajstić information content (AvgIpc) is 2.97. The minimum Gasteiger partial charge on any atom is -0.459 e. The molecule has 0 spiro atoms. The Morgan fingerprint density at radius 2 is 2.04 bits per heavy atom. The molecule has 3 rings (SSSR count). The molecule has 0 amide bonds. The van der Waals surface area contributed by atoms with Gasteiger partial charge in [0.25, 0.3) is 0 Å². The Hall–Kier alpha value is -1.91. The van der Waals surface area contributed by atoms with Gasteiger partial charge >= 0.3 is 5.97 Å². The Morgan fingerprint density at radius 3 is 2.70 bits per heavy atom. The maximum atomic E-state index is 12.0. The number of aliphatic hydroxyl groups is 1. The van der Waals surface area contributed by atoms with Gasteiger partial charge in [0.05, 0.1) is 5.56 Å². The van der Waals surface area contributed by atoms with Crippen LogP contribution in [-0.4, -0.2) is 47.6 Å². The first-order valence-electron chi connectivity index (χ1n) is 7.29. The first-order chi connectivity index (χ1) is 10.9. The fraction of sp³-hybridized carbons (Fsp3) is 0.471. The molecule has 0 radical (unpaired) electrons. The number of hydrogen-bond acceptors (Lipinski definition) is 6. The lowest BCUT2D eigenvalue weighted by molar-refractivity contribution is -0.225. The Balaban J connectivity index is 1.68. The summed E-state index contributed by atoms with van der Waals surface area (Å²) in [5.41, 5.74) is -1.32. The normalized spacial score (nSPS) is 34.6. The molecular formula is C17H18O6. The lowest BCUT2D eigenvalue weighted by Gasteiger charge is -2.29. The highest BCUT2D eigenvalue weighted by atomic mass is 16.8. The summed E-state index contributed by atoms with van der Waals surface area (Å²) >= 11 is 0. The van der Waals surface area contributed by atoms with Crippen LogP contribution in [0.1, 0.15) is 24.2 Å². The monoisotopic (exact) mass is 318 g/mol. The van der Waals surface area contributed by atoms with Gasteiger partial charge < -0.3 is 24.1 Å². The summed E-state index contributed by atoms with van der Waals surface area (Å²) in [6, 6.07) is 8.53. The van der Waals surface area contributed by atoms with Gasteiger partial charge in [-0.1, -0.05) is 24.1 Å². The van der Waals surface area contributed by atoms with Gasteiger partial charge in [0.2, 0.25) is 0 Å². The molecule has 4 atom stereocenters. The van der Waals surface area contributed by atoms with Gasteiger partial charge in [0.15, 0.2) is 23.8 Å². The van der Waals surface area contributed by atoms with Crippen molar-refractivity contribution in [3.8, 4) is 12.3 Å². The summed E-state index contributed by atoms with van der Waals surface area (Å²) < 4.78 is 22.0. The van der Waals surface area contributed by atoms with Crippen molar-refractivity contribution in [3.63, 3.8) is 0 Å². The lowest BCUT2D eigenvalue weighted by atomic mass is 9.94. The predicted octanol–water partition coefficient (Wildman–Crippen LogP) is 1.08. The molecule has 0 aliphatic carbocycles. The topological polar surface area (TPSA) is 74.2 Å². The van der Waals surface area contributed by atoms with E-state index >= 15 is 0 Å². The first kappa shape index (κ1) is 16.0. The maximum absolute atomic E-state index is 12.0. The summed E-state index contributed by atoms with van der Waals surface area (Å²) in [7, 11) is 0. The summed E-state index contributed by atoms with van der Waals surface area (Å²) in [6.45, 7) is 3.21. The zero-order chi connectivity index (χ0) is 16.7. The van der Waals surface area contributed by atoms with Crippen LogP contribution in [0, 0.1) is 12.3 Å². The number of terminal acetylenes is 1. The molecule has 0 bridgehead atoms. The van der Waals surface area contributed by atoms with Crippen LogP contribution in [0.3, 0.4) is 0 Å². The van der Waals surface area contributed by atoms with Crippen LogP contribution < -0.4 is 0 Å². The van der Waals surface area contributed by atoms with Crippen molar-refractivity contribution in [1.82, 2.24) is 0 Å². The third-order valence-electron chi connectivity index (χ3n) is 3.89. The number of hydrogen-bond donors (Lipinski definition) is 1. The molecule has 122 valence electrons. The van der Waals surface area contributed by atoms with Crippen LogP contribution in [0.4, 0.5) is 0 Å². The maximum Gasteiger partial charge on any atom is 0.338 e. The Morgan fingerprint density at radius 1 is 1.35 bits per heavy atom. The molecule has 2 heterocycles. The summed E-state index contributed by atoms with van der Waals surface area (Å²) in [4.78, 5) is 12.0. The Bertz CT molecular complexity index is 634. The van der Waals surface area contributed by atoms with E-state index in [0.29, 0.717) is 5.56 Å². The predicted molar refractivity (Wildman–Crippen MR) is 79.2 cm³/mol. The van der Waals surface area contributed by atoms with Crippen molar-refractivity contribution >= 4 is 5.97 Å². The second kappa shape index (κ2) is 5.62. The van der Waals surface area contributed by atoms with Crippen molar-refractivity contribution in [2.75, 3.05) is 6.61 Å². The van der Waals surface area contributed by atoms with E-state index in [1.165, 1.54) is 0 Å². The largest absolute Gasteiger partial charge is 0.459 e. The molecule has 2 saturated heterocycles. The van der Waals surface area contributed by atoms with Crippen molar-refractivity contribution in [2.24, 2.45) is 0 Å². The van der Waals surface area contributed by atoms with Gasteiger partial charge in [-0.05, 0) is 26.0 Å². The summed E-state index contributed by atoms with van der Waals surface area (Å²) in [5.74, 6) is 0.880. The lowest BCUT2D eigenvalue weighted by Crippen LogP contribution is -2.49. The molecule has 1 N–H and O–H groups in total. The molecule has 0 aromatic heterocycles. The van der Waals surface area contributed by atoms with E-state index in [0.717, 1.165) is 0 Å². The van der Waals surface area contributed by atoms with Crippen LogP contribution in [0.2, 0.25) is 0 Å². The molecule has 1 aromatic carbocycles. The summed E-state index contributed by atoms with van der Waals surface area (Å²) in [5, 5.41) is 10.7. The van der Waals surface area contributed by atoms with Crippen LogP contribution in [0.5, 0.6) is 0 Å². The molecule has 2 aliphatic heterocycles. The van der Waals surface area contributed by atoms with Crippen LogP contribution in [0.25, 0.3) is 0 Å². The van der Waals surface area contributed by atoms with E-state index in [-0.39, 0.29) is 6.61 Å². The quantitative estimate of drug-likeness (QED) is 0.664. The number of rotatable bonds is 3. The second-order valence-corrected chi connectivity index (χ2v) is 5.98. The van der Waals surface area contributed by atoms with Crippen LogP contribution >= 0.6 is 0 Å². The van der Waals surface area contributed by atoms with E-state index < -0.39 is 35.9 Å². The molecule has 6 nitrogen and oxygen atoms in total. The Labute approximate surface area is 134 Å². The van der Waals surface area contributed by atoms with Crippen molar-refractivity contribution < 1.29 is 28.8 Å². The first-order valence-corrected chi connectivity index (χ1v) is 7.29. The number of carbonyl (C=O) groups excluding carboxylic acids is 1. The fourth-order valence-electron chi connectivity index (χ4n) is 2.73. The zero-order valence-corrected chi connectivity index (χ0v) is 12.9. The molecular weight excluding hydrogens is 300 g/mol. The molecule has 0 unspecified atom stereocenters. The molecule has 0 saturated carbocycles. The Kier molecular flexibility index (Phi) is 3.90. The van der Waals surface area contributed by atoms with Gasteiger partial charge in [0, 0.05) is 0 Å². The highest BCUT2D eigenvalue weighted by molar-refractivity contribution is 5.89. The van der Waals surface area contributed by atoms with Crippen LogP contribution in [-0.2, 0) is 18.9 Å². The molecule has 2 fully saturated rings. The number of carbonyl (C=O) groups is 1. The van der Waals surface area contributed by atoms with E-state index in [2.05, 4.69) is 5.92 Å². The SMILES string of the molecule is C#C[C@@]1(O)[C@@H](COC(=O)c2ccccc2)O[C@@H]2OC(C)(C)O[C@@H]21. The van der Waals surface area contributed by atoms with Gasteiger partial charge in [0.1, 0.15) is 12.7 Å². The molecule has 2 aliphatic rings. The van der Waals surface area contributed by atoms with Crippen LogP contribution in [0.15, 0.2) is 30.3 Å². The zero-order valence-electron chi connectivity index (χ0n) is 12.9. The highest BCUT2D eigenvalue weighted by Crippen LogP contribution is 2.42. The number of fused-ring (bicyclic) bond motifs is 1. The van der Waals surface area contributed by atoms with E-state index in [9.17, 15) is 9.90 Å². The van der Waals surface area contributed by atoms with Gasteiger partial charge in [-0.3, -0.25) is 0 Å². The molecule has 6 heteroatoms. The van der Waals surface area contributed by atoms with Crippen molar-refractivity contribution in [1.29, 1.82) is 0 Å². The summed E-state index contributed by atoms with van der Waals surface area (Å²) in [6.07, 6.45) is 2.91. The third kappa shape index (κ3) is 2.84. The van der Waals surface area contributed by atoms with Crippen molar-refractivity contribution in [2.45, 2.75) is 43.7 Å². The third-order valence-corrected chi connectivity index (χ3v) is 3.89. The minimum absolute atomic E-state index is 0.200.